The maximum atomic E-state index is 9.67. The topological polar surface area (TPSA) is 33.1 Å². The van der Waals surface area contributed by atoms with Crippen molar-refractivity contribution in [1.82, 2.24) is 4.98 Å². The van der Waals surface area contributed by atoms with Crippen molar-refractivity contribution >= 4 is 23.2 Å². The van der Waals surface area contributed by atoms with E-state index in [2.05, 4.69) is 4.98 Å². The molecule has 4 heteroatoms. The zero-order valence-electron chi connectivity index (χ0n) is 6.22. The highest BCUT2D eigenvalue weighted by atomic mass is 35.5. The lowest BCUT2D eigenvalue weighted by Crippen LogP contribution is -2.04. The molecule has 0 spiro atoms. The first-order valence-electron chi connectivity index (χ1n) is 3.66. The van der Waals surface area contributed by atoms with Gasteiger partial charge in [0.05, 0.1) is 10.6 Å². The Balaban J connectivity index is 2.41. The zero-order chi connectivity index (χ0) is 8.77. The van der Waals surface area contributed by atoms with E-state index in [1.54, 1.807) is 12.3 Å². The van der Waals surface area contributed by atoms with Gasteiger partial charge in [0.2, 0.25) is 0 Å². The molecule has 1 aromatic heterocycles. The van der Waals surface area contributed by atoms with E-state index in [9.17, 15) is 5.11 Å². The first kappa shape index (κ1) is 8.30. The summed E-state index contributed by atoms with van der Waals surface area (Å²) in [5, 5.41) is 10.4. The molecule has 0 radical (unpaired) electrons. The third-order valence-electron chi connectivity index (χ3n) is 2.06. The molecule has 2 nitrogen and oxygen atoms in total. The molecular weight excluding hydrogens is 197 g/mol. The largest absolute Gasteiger partial charge is 0.385 e. The molecule has 0 amide bonds. The Morgan fingerprint density at radius 1 is 1.42 bits per heavy atom. The molecule has 0 saturated heterocycles. The minimum Gasteiger partial charge on any atom is -0.385 e. The maximum Gasteiger partial charge on any atom is 0.147 e. The smallest absolute Gasteiger partial charge is 0.147 e. The Labute approximate surface area is 80.1 Å². The van der Waals surface area contributed by atoms with Crippen molar-refractivity contribution in [1.29, 1.82) is 0 Å². The number of halogens is 2. The number of nitrogens with zero attached hydrogens (tertiary/aromatic N) is 1. The van der Waals surface area contributed by atoms with Crippen LogP contribution in [0, 0.1) is 0 Å². The number of aliphatic hydroxyl groups is 1. The normalized spacial score (nSPS) is 19.2. The van der Waals surface area contributed by atoms with Crippen molar-refractivity contribution in [2.24, 2.45) is 0 Å². The minimum absolute atomic E-state index is 0.282. The number of rotatable bonds is 1. The predicted octanol–water partition coefficient (Wildman–Crippen LogP) is 2.37. The van der Waals surface area contributed by atoms with E-state index in [1.807, 2.05) is 0 Å². The predicted molar refractivity (Wildman–Crippen MR) is 47.4 cm³/mol. The van der Waals surface area contributed by atoms with Crippen molar-refractivity contribution in [3.63, 3.8) is 0 Å². The van der Waals surface area contributed by atoms with Gasteiger partial charge in [-0.25, -0.2) is 4.98 Å². The van der Waals surface area contributed by atoms with Crippen molar-refractivity contribution in [3.8, 4) is 0 Å². The lowest BCUT2D eigenvalue weighted by molar-refractivity contribution is 0.151. The van der Waals surface area contributed by atoms with Gasteiger partial charge in [-0.3, -0.25) is 0 Å². The van der Waals surface area contributed by atoms with Gasteiger partial charge in [-0.15, -0.1) is 0 Å². The average molecular weight is 204 g/mol. The molecular formula is C8H7Cl2NO. The fourth-order valence-corrected chi connectivity index (χ4v) is 1.35. The van der Waals surface area contributed by atoms with E-state index >= 15 is 0 Å². The summed E-state index contributed by atoms with van der Waals surface area (Å²) in [4.78, 5) is 3.86. The van der Waals surface area contributed by atoms with Crippen molar-refractivity contribution in [2.75, 3.05) is 0 Å². The van der Waals surface area contributed by atoms with E-state index in [-0.39, 0.29) is 5.15 Å². The van der Waals surface area contributed by atoms with Gasteiger partial charge in [0.25, 0.3) is 0 Å². The highest BCUT2D eigenvalue weighted by Crippen LogP contribution is 2.45. The quantitative estimate of drug-likeness (QED) is 0.712. The Bertz CT molecular complexity index is 323. The van der Waals surface area contributed by atoms with Gasteiger partial charge < -0.3 is 5.11 Å². The zero-order valence-corrected chi connectivity index (χ0v) is 7.73. The van der Waals surface area contributed by atoms with E-state index in [0.717, 1.165) is 18.4 Å². The van der Waals surface area contributed by atoms with E-state index in [1.165, 1.54) is 0 Å². The molecule has 1 aromatic rings. The molecule has 1 saturated carbocycles. The highest BCUT2D eigenvalue weighted by Gasteiger charge is 2.42. The SMILES string of the molecule is OC1(c2cnc(Cl)c(Cl)c2)CC1. The first-order chi connectivity index (χ1) is 5.62. The molecule has 1 aliphatic carbocycles. The minimum atomic E-state index is -0.679. The second-order valence-electron chi connectivity index (χ2n) is 3.03. The molecule has 64 valence electrons. The second kappa shape index (κ2) is 2.59. The van der Waals surface area contributed by atoms with Gasteiger partial charge in [0.1, 0.15) is 5.15 Å². The Kier molecular flexibility index (Phi) is 1.79. The number of hydrogen-bond acceptors (Lipinski definition) is 2. The average Bonchev–Trinajstić information content (AvgIpc) is 2.75. The van der Waals surface area contributed by atoms with Gasteiger partial charge in [-0.05, 0) is 18.9 Å². The summed E-state index contributed by atoms with van der Waals surface area (Å²) in [6, 6.07) is 1.67. The maximum absolute atomic E-state index is 9.67. The van der Waals surface area contributed by atoms with Gasteiger partial charge in [-0.2, -0.15) is 0 Å². The Morgan fingerprint density at radius 3 is 2.58 bits per heavy atom. The van der Waals surface area contributed by atoms with Gasteiger partial charge >= 0.3 is 0 Å². The van der Waals surface area contributed by atoms with Crippen LogP contribution in [0.3, 0.4) is 0 Å². The van der Waals surface area contributed by atoms with Crippen LogP contribution < -0.4 is 0 Å². The molecule has 1 aliphatic rings. The standard InChI is InChI=1S/C8H7Cl2NO/c9-6-3-5(4-11-7(6)10)8(12)1-2-8/h3-4,12H,1-2H2. The fraction of sp³-hybridized carbons (Fsp3) is 0.375. The van der Waals surface area contributed by atoms with E-state index in [0.29, 0.717) is 5.02 Å². The van der Waals surface area contributed by atoms with E-state index in [4.69, 9.17) is 23.2 Å². The van der Waals surface area contributed by atoms with Crippen LogP contribution in [-0.2, 0) is 5.60 Å². The molecule has 0 bridgehead atoms. The summed E-state index contributed by atoms with van der Waals surface area (Å²) in [6.45, 7) is 0. The number of pyridine rings is 1. The van der Waals surface area contributed by atoms with Crippen molar-refractivity contribution < 1.29 is 5.11 Å². The Morgan fingerprint density at radius 2 is 2.08 bits per heavy atom. The summed E-state index contributed by atoms with van der Waals surface area (Å²) in [7, 11) is 0. The monoisotopic (exact) mass is 203 g/mol. The highest BCUT2D eigenvalue weighted by molar-refractivity contribution is 6.41. The summed E-state index contributed by atoms with van der Waals surface area (Å²) in [5.74, 6) is 0. The van der Waals surface area contributed by atoms with Crippen LogP contribution in [0.15, 0.2) is 12.3 Å². The third-order valence-corrected chi connectivity index (χ3v) is 2.74. The van der Waals surface area contributed by atoms with Crippen LogP contribution in [-0.4, -0.2) is 10.1 Å². The molecule has 12 heavy (non-hydrogen) atoms. The molecule has 1 fully saturated rings. The molecule has 1 heterocycles. The molecule has 0 aliphatic heterocycles. The lowest BCUT2D eigenvalue weighted by Gasteiger charge is -2.07. The number of hydrogen-bond donors (Lipinski definition) is 1. The summed E-state index contributed by atoms with van der Waals surface area (Å²) < 4.78 is 0. The number of aromatic nitrogens is 1. The second-order valence-corrected chi connectivity index (χ2v) is 3.79. The van der Waals surface area contributed by atoms with Crippen LogP contribution in [0.25, 0.3) is 0 Å². The fourth-order valence-electron chi connectivity index (χ4n) is 1.08. The van der Waals surface area contributed by atoms with E-state index < -0.39 is 5.60 Å². The molecule has 0 unspecified atom stereocenters. The summed E-state index contributed by atoms with van der Waals surface area (Å²) in [6.07, 6.45) is 3.14. The van der Waals surface area contributed by atoms with Crippen LogP contribution in [0.2, 0.25) is 10.2 Å². The van der Waals surface area contributed by atoms with Crippen LogP contribution >= 0.6 is 23.2 Å². The molecule has 0 atom stereocenters. The van der Waals surface area contributed by atoms with Crippen LogP contribution in [0.5, 0.6) is 0 Å². The Hall–Kier alpha value is -0.310. The van der Waals surface area contributed by atoms with Crippen molar-refractivity contribution in [3.05, 3.63) is 28.0 Å². The lowest BCUT2D eigenvalue weighted by atomic mass is 10.1. The third kappa shape index (κ3) is 1.30. The van der Waals surface area contributed by atoms with Gasteiger partial charge in [-0.1, -0.05) is 23.2 Å². The summed E-state index contributed by atoms with van der Waals surface area (Å²) in [5.41, 5.74) is 0.0817. The van der Waals surface area contributed by atoms with Crippen molar-refractivity contribution in [2.45, 2.75) is 18.4 Å². The van der Waals surface area contributed by atoms with Gasteiger partial charge in [0.15, 0.2) is 0 Å². The van der Waals surface area contributed by atoms with Gasteiger partial charge in [0, 0.05) is 11.8 Å². The molecule has 1 N–H and O–H groups in total. The molecule has 2 rings (SSSR count). The first-order valence-corrected chi connectivity index (χ1v) is 4.41. The molecule has 0 aromatic carbocycles. The van der Waals surface area contributed by atoms with Crippen LogP contribution in [0.4, 0.5) is 0 Å². The van der Waals surface area contributed by atoms with Crippen LogP contribution in [0.1, 0.15) is 18.4 Å². The summed E-state index contributed by atoms with van der Waals surface area (Å²) >= 11 is 11.4.